The lowest BCUT2D eigenvalue weighted by Crippen LogP contribution is -2.29. The Kier molecular flexibility index (Phi) is 3.69. The summed E-state index contributed by atoms with van der Waals surface area (Å²) in [5.74, 6) is -0.947. The van der Waals surface area contributed by atoms with Gasteiger partial charge in [-0.1, -0.05) is 12.2 Å². The second-order valence-electron chi connectivity index (χ2n) is 3.81. The van der Waals surface area contributed by atoms with Gasteiger partial charge in [0.2, 0.25) is 5.01 Å². The normalized spacial score (nSPS) is 19.9. The van der Waals surface area contributed by atoms with Crippen molar-refractivity contribution < 1.29 is 9.90 Å². The molecule has 1 unspecified atom stereocenters. The summed E-state index contributed by atoms with van der Waals surface area (Å²) in [6.07, 6.45) is 7.70. The molecule has 1 aromatic heterocycles. The van der Waals surface area contributed by atoms with Gasteiger partial charge in [0.15, 0.2) is 0 Å². The molecule has 16 heavy (non-hydrogen) atoms. The van der Waals surface area contributed by atoms with Gasteiger partial charge >= 0.3 is 5.97 Å². The minimum Gasteiger partial charge on any atom is -0.476 e. The van der Waals surface area contributed by atoms with Crippen LogP contribution in [0.4, 0.5) is 0 Å². The topological polar surface area (TPSA) is 62.2 Å². The molecule has 1 aliphatic rings. The molecule has 2 rings (SSSR count). The third-order valence-corrected chi connectivity index (χ3v) is 3.45. The summed E-state index contributed by atoms with van der Waals surface area (Å²) < 4.78 is 0. The summed E-state index contributed by atoms with van der Waals surface area (Å²) in [6, 6.07) is 0.500. The lowest BCUT2D eigenvalue weighted by Gasteiger charge is -2.18. The zero-order valence-corrected chi connectivity index (χ0v) is 9.67. The van der Waals surface area contributed by atoms with Gasteiger partial charge in [-0.3, -0.25) is 0 Å². The molecule has 0 spiro atoms. The number of thiazole rings is 1. The van der Waals surface area contributed by atoms with Gasteiger partial charge in [-0.05, 0) is 19.3 Å². The first-order valence-corrected chi connectivity index (χ1v) is 6.20. The van der Waals surface area contributed by atoms with E-state index in [1.807, 2.05) is 0 Å². The number of nitrogens with zero attached hydrogens (tertiary/aromatic N) is 1. The summed E-state index contributed by atoms with van der Waals surface area (Å²) in [4.78, 5) is 14.7. The molecule has 5 heteroatoms. The SMILES string of the molecule is O=C(O)c1nc(CNC2CC=CCC2)cs1. The van der Waals surface area contributed by atoms with Crippen molar-refractivity contribution in [2.45, 2.75) is 31.8 Å². The van der Waals surface area contributed by atoms with Gasteiger partial charge in [-0.25, -0.2) is 9.78 Å². The second kappa shape index (κ2) is 5.23. The summed E-state index contributed by atoms with van der Waals surface area (Å²) in [6.45, 7) is 0.655. The van der Waals surface area contributed by atoms with Crippen LogP contribution in [-0.4, -0.2) is 22.1 Å². The Balaban J connectivity index is 1.84. The molecule has 0 amide bonds. The molecule has 0 saturated heterocycles. The highest BCUT2D eigenvalue weighted by Crippen LogP contribution is 2.13. The molecule has 0 aromatic carbocycles. The van der Waals surface area contributed by atoms with Gasteiger partial charge in [0.05, 0.1) is 5.69 Å². The number of carbonyl (C=O) groups is 1. The van der Waals surface area contributed by atoms with Crippen LogP contribution in [-0.2, 0) is 6.54 Å². The van der Waals surface area contributed by atoms with E-state index in [0.29, 0.717) is 12.6 Å². The van der Waals surface area contributed by atoms with Crippen molar-refractivity contribution in [1.29, 1.82) is 0 Å². The highest BCUT2D eigenvalue weighted by Gasteiger charge is 2.11. The summed E-state index contributed by atoms with van der Waals surface area (Å²) in [5.41, 5.74) is 0.817. The van der Waals surface area contributed by atoms with Gasteiger partial charge < -0.3 is 10.4 Å². The fourth-order valence-corrected chi connectivity index (χ4v) is 2.37. The minimum atomic E-state index is -0.947. The fraction of sp³-hybridized carbons (Fsp3) is 0.455. The third-order valence-electron chi connectivity index (χ3n) is 2.58. The molecule has 0 fully saturated rings. The summed E-state index contributed by atoms with van der Waals surface area (Å²) in [5, 5.41) is 14.1. The molecule has 0 aliphatic heterocycles. The van der Waals surface area contributed by atoms with Crippen molar-refractivity contribution in [3.05, 3.63) is 28.2 Å². The maximum Gasteiger partial charge on any atom is 0.365 e. The molecular formula is C11H14N2O2S. The Morgan fingerprint density at radius 1 is 1.62 bits per heavy atom. The van der Waals surface area contributed by atoms with E-state index in [2.05, 4.69) is 22.5 Å². The molecular weight excluding hydrogens is 224 g/mol. The van der Waals surface area contributed by atoms with Crippen molar-refractivity contribution in [3.8, 4) is 0 Å². The first-order valence-electron chi connectivity index (χ1n) is 5.32. The van der Waals surface area contributed by atoms with E-state index in [4.69, 9.17) is 5.11 Å². The molecule has 1 aliphatic carbocycles. The highest BCUT2D eigenvalue weighted by atomic mass is 32.1. The zero-order valence-electron chi connectivity index (χ0n) is 8.85. The van der Waals surface area contributed by atoms with Crippen molar-refractivity contribution >= 4 is 17.3 Å². The fourth-order valence-electron chi connectivity index (χ4n) is 1.71. The maximum absolute atomic E-state index is 10.6. The average molecular weight is 238 g/mol. The average Bonchev–Trinajstić information content (AvgIpc) is 2.76. The first kappa shape index (κ1) is 11.3. The number of aromatic nitrogens is 1. The van der Waals surface area contributed by atoms with Crippen molar-refractivity contribution in [3.63, 3.8) is 0 Å². The zero-order chi connectivity index (χ0) is 11.4. The van der Waals surface area contributed by atoms with Crippen LogP contribution in [0.3, 0.4) is 0 Å². The predicted octanol–water partition coefficient (Wildman–Crippen LogP) is 2.04. The number of hydrogen-bond acceptors (Lipinski definition) is 4. The summed E-state index contributed by atoms with van der Waals surface area (Å²) in [7, 11) is 0. The number of aromatic carboxylic acids is 1. The number of hydrogen-bond donors (Lipinski definition) is 2. The number of carboxylic acids is 1. The Labute approximate surface area is 98.0 Å². The lowest BCUT2D eigenvalue weighted by molar-refractivity contribution is 0.0696. The molecule has 86 valence electrons. The van der Waals surface area contributed by atoms with Crippen LogP contribution in [0.15, 0.2) is 17.5 Å². The highest BCUT2D eigenvalue weighted by molar-refractivity contribution is 7.11. The lowest BCUT2D eigenvalue weighted by atomic mass is 10.0. The van der Waals surface area contributed by atoms with Crippen LogP contribution in [0.2, 0.25) is 0 Å². The van der Waals surface area contributed by atoms with Crippen LogP contribution in [0.25, 0.3) is 0 Å². The first-order chi connectivity index (χ1) is 7.75. The van der Waals surface area contributed by atoms with Gasteiger partial charge in [0, 0.05) is 18.0 Å². The van der Waals surface area contributed by atoms with Gasteiger partial charge in [0.1, 0.15) is 0 Å². The minimum absolute atomic E-state index is 0.167. The van der Waals surface area contributed by atoms with E-state index in [9.17, 15) is 4.79 Å². The van der Waals surface area contributed by atoms with E-state index in [1.165, 1.54) is 11.3 Å². The third kappa shape index (κ3) is 2.90. The molecule has 0 radical (unpaired) electrons. The second-order valence-corrected chi connectivity index (χ2v) is 4.67. The van der Waals surface area contributed by atoms with Crippen LogP contribution in [0, 0.1) is 0 Å². The van der Waals surface area contributed by atoms with E-state index in [-0.39, 0.29) is 5.01 Å². The van der Waals surface area contributed by atoms with E-state index < -0.39 is 5.97 Å². The molecule has 0 bridgehead atoms. The van der Waals surface area contributed by atoms with Gasteiger partial charge in [0.25, 0.3) is 0 Å². The number of carboxylic acid groups (broad SMARTS) is 1. The standard InChI is InChI=1S/C11H14N2O2S/c14-11(15)10-13-9(7-16-10)6-12-8-4-2-1-3-5-8/h1-2,7-8,12H,3-6H2,(H,14,15). The van der Waals surface area contributed by atoms with E-state index in [1.54, 1.807) is 5.38 Å². The smallest absolute Gasteiger partial charge is 0.365 e. The monoisotopic (exact) mass is 238 g/mol. The molecule has 1 heterocycles. The maximum atomic E-state index is 10.6. The van der Waals surface area contributed by atoms with Crippen LogP contribution in [0.1, 0.15) is 34.8 Å². The van der Waals surface area contributed by atoms with Crippen LogP contribution < -0.4 is 5.32 Å². The van der Waals surface area contributed by atoms with E-state index >= 15 is 0 Å². The van der Waals surface area contributed by atoms with Crippen LogP contribution >= 0.6 is 11.3 Å². The van der Waals surface area contributed by atoms with Crippen molar-refractivity contribution in [2.75, 3.05) is 0 Å². The molecule has 1 atom stereocenters. The Morgan fingerprint density at radius 2 is 2.50 bits per heavy atom. The molecule has 0 saturated carbocycles. The quantitative estimate of drug-likeness (QED) is 0.788. The summed E-state index contributed by atoms with van der Waals surface area (Å²) >= 11 is 1.18. The largest absolute Gasteiger partial charge is 0.476 e. The van der Waals surface area contributed by atoms with Crippen molar-refractivity contribution in [1.82, 2.24) is 10.3 Å². The molecule has 1 aromatic rings. The Morgan fingerprint density at radius 3 is 3.12 bits per heavy atom. The Hall–Kier alpha value is -1.20. The Bertz CT molecular complexity index is 400. The predicted molar refractivity (Wildman–Crippen MR) is 62.7 cm³/mol. The molecule has 2 N–H and O–H groups in total. The van der Waals surface area contributed by atoms with Crippen LogP contribution in [0.5, 0.6) is 0 Å². The number of rotatable bonds is 4. The van der Waals surface area contributed by atoms with Crippen molar-refractivity contribution in [2.24, 2.45) is 0 Å². The number of allylic oxidation sites excluding steroid dienone is 1. The van der Waals surface area contributed by atoms with Gasteiger partial charge in [-0.15, -0.1) is 11.3 Å². The molecule has 4 nitrogen and oxygen atoms in total. The van der Waals surface area contributed by atoms with E-state index in [0.717, 1.165) is 25.0 Å². The van der Waals surface area contributed by atoms with Gasteiger partial charge in [-0.2, -0.15) is 0 Å². The number of nitrogens with one attached hydrogen (secondary N) is 1.